The first kappa shape index (κ1) is 19.1. The van der Waals surface area contributed by atoms with Crippen molar-refractivity contribution in [1.29, 1.82) is 0 Å². The Morgan fingerprint density at radius 3 is 2.69 bits per heavy atom. The Bertz CT molecular complexity index is 884. The van der Waals surface area contributed by atoms with Gasteiger partial charge in [-0.25, -0.2) is 0 Å². The van der Waals surface area contributed by atoms with Crippen LogP contribution in [-0.2, 0) is 9.59 Å². The number of ketones is 2. The molecule has 0 saturated heterocycles. The van der Waals surface area contributed by atoms with Gasteiger partial charge >= 0.3 is 0 Å². The number of carbonyl (C=O) groups is 2. The lowest BCUT2D eigenvalue weighted by Crippen LogP contribution is -2.53. The maximum atomic E-state index is 13.2. The third kappa shape index (κ3) is 2.70. The molecule has 0 aromatic heterocycles. The number of halogens is 2. The van der Waals surface area contributed by atoms with Crippen LogP contribution in [0.5, 0.6) is 11.5 Å². The number of ether oxygens (including phenoxy) is 1. The summed E-state index contributed by atoms with van der Waals surface area (Å²) < 4.78 is 4.78. The number of benzene rings is 1. The van der Waals surface area contributed by atoms with E-state index in [1.54, 1.807) is 25.1 Å². The van der Waals surface area contributed by atoms with Crippen LogP contribution < -0.4 is 4.74 Å². The van der Waals surface area contributed by atoms with E-state index >= 15 is 0 Å². The number of phenols is 1. The molecule has 2 aliphatic rings. The molecule has 0 radical (unpaired) electrons. The van der Waals surface area contributed by atoms with Crippen LogP contribution in [0.2, 0.25) is 0 Å². The number of allylic oxidation sites excluding steroid dienone is 5. The first-order valence-electron chi connectivity index (χ1n) is 8.10. The van der Waals surface area contributed by atoms with E-state index in [1.165, 1.54) is 13.2 Å². The Hall–Kier alpha value is -1.66. The first-order valence-corrected chi connectivity index (χ1v) is 9.69. The highest BCUT2D eigenvalue weighted by Gasteiger charge is 2.57. The fraction of sp³-hybridized carbons (Fsp3) is 0.300. The fourth-order valence-electron chi connectivity index (χ4n) is 3.86. The molecule has 1 N–H and O–H groups in total. The van der Waals surface area contributed by atoms with E-state index in [9.17, 15) is 14.7 Å². The second kappa shape index (κ2) is 6.82. The zero-order valence-corrected chi connectivity index (χ0v) is 17.6. The molecule has 1 aromatic rings. The Labute approximate surface area is 168 Å². The number of rotatable bonds is 3. The van der Waals surface area contributed by atoms with Gasteiger partial charge < -0.3 is 9.84 Å². The largest absolute Gasteiger partial charge is 0.504 e. The molecular formula is C20H18Br2O4. The van der Waals surface area contributed by atoms with Crippen molar-refractivity contribution in [2.75, 3.05) is 7.11 Å². The Morgan fingerprint density at radius 2 is 2.08 bits per heavy atom. The number of methoxy groups -OCH3 is 1. The van der Waals surface area contributed by atoms with Gasteiger partial charge in [0.25, 0.3) is 0 Å². The van der Waals surface area contributed by atoms with Crippen LogP contribution in [0.4, 0.5) is 0 Å². The van der Waals surface area contributed by atoms with Gasteiger partial charge in [0, 0.05) is 21.9 Å². The van der Waals surface area contributed by atoms with Gasteiger partial charge in [-0.2, -0.15) is 0 Å². The molecule has 0 amide bonds. The van der Waals surface area contributed by atoms with E-state index in [0.29, 0.717) is 22.0 Å². The monoisotopic (exact) mass is 480 g/mol. The van der Waals surface area contributed by atoms with E-state index in [1.807, 2.05) is 6.08 Å². The Kier molecular flexibility index (Phi) is 5.01. The minimum absolute atomic E-state index is 0.0552. The molecule has 0 bridgehead atoms. The second-order valence-electron chi connectivity index (χ2n) is 6.50. The molecule has 0 saturated carbocycles. The van der Waals surface area contributed by atoms with Crippen LogP contribution in [0.3, 0.4) is 0 Å². The Morgan fingerprint density at radius 1 is 1.38 bits per heavy atom. The van der Waals surface area contributed by atoms with Crippen LogP contribution in [0.25, 0.3) is 0 Å². The SMILES string of the molecule is C=CC1=CC[C@H]2C(=O)C=C(C)C(=O)[C@@]2(Br)[C@H]1c1cc(Br)cc(OC)c1O. The summed E-state index contributed by atoms with van der Waals surface area (Å²) in [6.07, 6.45) is 5.43. The number of carbonyl (C=O) groups excluding carboxylic acids is 2. The van der Waals surface area contributed by atoms with Crippen LogP contribution in [0.15, 0.2) is 52.6 Å². The lowest BCUT2D eigenvalue weighted by molar-refractivity contribution is -0.128. The summed E-state index contributed by atoms with van der Waals surface area (Å²) in [6, 6.07) is 3.40. The smallest absolute Gasteiger partial charge is 0.177 e. The van der Waals surface area contributed by atoms with Gasteiger partial charge in [0.1, 0.15) is 4.32 Å². The van der Waals surface area contributed by atoms with Crippen LogP contribution >= 0.6 is 31.9 Å². The maximum absolute atomic E-state index is 13.2. The quantitative estimate of drug-likeness (QED) is 0.640. The zero-order chi connectivity index (χ0) is 19.2. The minimum Gasteiger partial charge on any atom is -0.504 e. The molecule has 0 unspecified atom stereocenters. The van der Waals surface area contributed by atoms with Crippen molar-refractivity contribution in [3.8, 4) is 11.5 Å². The third-order valence-corrected chi connectivity index (χ3v) is 6.92. The molecule has 4 nitrogen and oxygen atoms in total. The average Bonchev–Trinajstić information content (AvgIpc) is 2.61. The summed E-state index contributed by atoms with van der Waals surface area (Å²) in [5, 5.41) is 10.8. The van der Waals surface area contributed by atoms with Gasteiger partial charge in [-0.3, -0.25) is 9.59 Å². The molecule has 1 aromatic carbocycles. The number of aromatic hydroxyl groups is 1. The van der Waals surface area contributed by atoms with Crippen LogP contribution in [-0.4, -0.2) is 28.1 Å². The van der Waals surface area contributed by atoms with Gasteiger partial charge in [-0.1, -0.05) is 50.6 Å². The zero-order valence-electron chi connectivity index (χ0n) is 14.4. The lowest BCUT2D eigenvalue weighted by atomic mass is 9.62. The predicted octanol–water partition coefficient (Wildman–Crippen LogP) is 4.61. The molecule has 136 valence electrons. The minimum atomic E-state index is -1.18. The highest BCUT2D eigenvalue weighted by atomic mass is 79.9. The van der Waals surface area contributed by atoms with Crippen molar-refractivity contribution < 1.29 is 19.4 Å². The average molecular weight is 482 g/mol. The summed E-state index contributed by atoms with van der Waals surface area (Å²) in [6.45, 7) is 5.50. The molecule has 0 heterocycles. The lowest BCUT2D eigenvalue weighted by Gasteiger charge is -2.45. The third-order valence-electron chi connectivity index (χ3n) is 5.09. The summed E-state index contributed by atoms with van der Waals surface area (Å²) in [4.78, 5) is 25.8. The van der Waals surface area contributed by atoms with Crippen LogP contribution in [0.1, 0.15) is 24.8 Å². The summed E-state index contributed by atoms with van der Waals surface area (Å²) in [5.74, 6) is -1.14. The van der Waals surface area contributed by atoms with Crippen molar-refractivity contribution in [2.45, 2.75) is 23.6 Å². The molecular weight excluding hydrogens is 464 g/mol. The molecule has 0 aliphatic heterocycles. The molecule has 6 heteroatoms. The molecule has 3 rings (SSSR count). The fourth-order valence-corrected chi connectivity index (χ4v) is 5.55. The molecule has 26 heavy (non-hydrogen) atoms. The topological polar surface area (TPSA) is 63.6 Å². The summed E-state index contributed by atoms with van der Waals surface area (Å²) in [7, 11) is 1.46. The predicted molar refractivity (Wildman–Crippen MR) is 107 cm³/mol. The highest BCUT2D eigenvalue weighted by Crippen LogP contribution is 2.56. The van der Waals surface area contributed by atoms with Crippen molar-refractivity contribution in [1.82, 2.24) is 0 Å². The molecule has 0 fully saturated rings. The molecule has 0 spiro atoms. The number of phenolic OH excluding ortho intramolecular Hbond substituents is 1. The molecule has 3 atom stereocenters. The van der Waals surface area contributed by atoms with E-state index in [2.05, 4.69) is 38.4 Å². The number of hydrogen-bond donors (Lipinski definition) is 1. The number of hydrogen-bond acceptors (Lipinski definition) is 4. The maximum Gasteiger partial charge on any atom is 0.177 e. The van der Waals surface area contributed by atoms with Crippen LogP contribution in [0, 0.1) is 5.92 Å². The van der Waals surface area contributed by atoms with Gasteiger partial charge in [0.15, 0.2) is 23.1 Å². The Balaban J connectivity index is 2.31. The molecule has 2 aliphatic carbocycles. The van der Waals surface area contributed by atoms with Crippen molar-refractivity contribution in [2.24, 2.45) is 5.92 Å². The normalized spacial score (nSPS) is 28.2. The number of Topliss-reactive ketones (excluding diaryl/α,β-unsaturated/α-hetero) is 1. The van der Waals surface area contributed by atoms with Gasteiger partial charge in [-0.05, 0) is 42.7 Å². The highest BCUT2D eigenvalue weighted by molar-refractivity contribution is 9.10. The van der Waals surface area contributed by atoms with Crippen molar-refractivity contribution in [3.63, 3.8) is 0 Å². The number of fused-ring (bicyclic) bond motifs is 1. The number of alkyl halides is 1. The van der Waals surface area contributed by atoms with Gasteiger partial charge in [-0.15, -0.1) is 0 Å². The summed E-state index contributed by atoms with van der Waals surface area (Å²) in [5.41, 5.74) is 1.68. The van der Waals surface area contributed by atoms with Crippen molar-refractivity contribution >= 4 is 43.4 Å². The first-order chi connectivity index (χ1) is 12.2. The standard InChI is InChI=1S/C20H18Br2O4/c1-4-11-5-6-14-15(23)7-10(2)19(25)20(14,22)17(11)13-8-12(21)9-16(26-3)18(13)24/h4-5,7-9,14,17,24H,1,6H2,2-3H3/t14-,17+,20-/m0/s1. The van der Waals surface area contributed by atoms with Gasteiger partial charge in [0.2, 0.25) is 0 Å². The van der Waals surface area contributed by atoms with E-state index in [0.717, 1.165) is 5.57 Å². The van der Waals surface area contributed by atoms with E-state index in [4.69, 9.17) is 4.74 Å². The van der Waals surface area contributed by atoms with Crippen molar-refractivity contribution in [3.05, 3.63) is 58.1 Å². The van der Waals surface area contributed by atoms with E-state index in [-0.39, 0.29) is 23.1 Å². The van der Waals surface area contributed by atoms with Gasteiger partial charge in [0.05, 0.1) is 7.11 Å². The van der Waals surface area contributed by atoms with E-state index < -0.39 is 16.2 Å². The summed E-state index contributed by atoms with van der Waals surface area (Å²) >= 11 is 7.07. The second-order valence-corrected chi connectivity index (χ2v) is 8.73.